The first-order valence-corrected chi connectivity index (χ1v) is 15.3. The van der Waals surface area contributed by atoms with Gasteiger partial charge in [0.2, 0.25) is 11.1 Å². The molecular formula is C25H26N9NaO8S2. The van der Waals surface area contributed by atoms with Crippen molar-refractivity contribution in [3.8, 4) is 5.75 Å². The Morgan fingerprint density at radius 3 is 2.49 bits per heavy atom. The summed E-state index contributed by atoms with van der Waals surface area (Å²) >= 11 is 2.43. The number of rotatable bonds is 9. The molecule has 1 aromatic carbocycles. The van der Waals surface area contributed by atoms with E-state index >= 15 is 0 Å². The normalized spacial score (nSPS) is 20.2. The molecule has 17 nitrogen and oxygen atoms in total. The molecule has 3 N–H and O–H groups in total. The van der Waals surface area contributed by atoms with Crippen LogP contribution in [0.4, 0.5) is 4.79 Å². The minimum Gasteiger partial charge on any atom is -0.543 e. The minimum atomic E-state index is -1.54. The molecule has 20 heteroatoms. The van der Waals surface area contributed by atoms with Gasteiger partial charge < -0.3 is 30.5 Å². The maximum absolute atomic E-state index is 13.5. The number of likely N-dealkylation sites (N-methyl/N-ethyl adjacent to an activating group) is 1. The zero-order valence-electron chi connectivity index (χ0n) is 24.3. The van der Waals surface area contributed by atoms with Gasteiger partial charge in [-0.25, -0.2) is 9.48 Å². The maximum Gasteiger partial charge on any atom is 1.00 e. The summed E-state index contributed by atoms with van der Waals surface area (Å²) in [5.41, 5.74) is 0.353. The Bertz CT molecular complexity index is 1570. The van der Waals surface area contributed by atoms with Crippen molar-refractivity contribution in [2.75, 3.05) is 31.1 Å². The largest absolute Gasteiger partial charge is 1.00 e. The number of nitrogens with one attached hydrogen (secondary N) is 2. The second-order valence-electron chi connectivity index (χ2n) is 9.83. The summed E-state index contributed by atoms with van der Waals surface area (Å²) in [4.78, 5) is 79.9. The number of carbonyl (C=O) groups excluding carboxylic acids is 6. The number of carboxylic acids is 1. The van der Waals surface area contributed by atoms with Crippen LogP contribution in [0.1, 0.15) is 18.5 Å². The summed E-state index contributed by atoms with van der Waals surface area (Å²) in [6.07, 6.45) is 0. The number of carboxylic acid groups (broad SMARTS) is 1. The third-order valence-electron chi connectivity index (χ3n) is 7.19. The Labute approximate surface area is 286 Å². The fraction of sp³-hybridized carbons (Fsp3) is 0.400. The standard InChI is InChI=1S/C25H27N9O8S2.Na/c1-3-32-8-9-33(21(39)20(32)38)24(42)27-15(12-4-6-14(35)7-5-12)18(36)26-16-19(37)34-17(23(40)41)13(10-43-22(16)34)11-44-25-28-29-30-31(25)2;/h4-7,15-16,22,35H,3,8-11H2,1-2H3,(H,26,36)(H,27,42)(H,40,41);/q;+1/p-1. The van der Waals surface area contributed by atoms with Crippen LogP contribution >= 0.6 is 23.5 Å². The van der Waals surface area contributed by atoms with Gasteiger partial charge in [-0.3, -0.25) is 29.0 Å². The molecule has 3 atom stereocenters. The molecule has 45 heavy (non-hydrogen) atoms. The predicted octanol–water partition coefficient (Wildman–Crippen LogP) is -5.44. The molecule has 2 fully saturated rings. The number of fused-ring (bicyclic) bond motifs is 1. The number of hydrogen-bond donors (Lipinski definition) is 3. The van der Waals surface area contributed by atoms with E-state index in [0.29, 0.717) is 22.2 Å². The number of thioether (sulfide) groups is 2. The average Bonchev–Trinajstić information content (AvgIpc) is 3.42. The Kier molecular flexibility index (Phi) is 10.8. The van der Waals surface area contributed by atoms with Gasteiger partial charge in [-0.2, -0.15) is 0 Å². The molecule has 3 aliphatic heterocycles. The van der Waals surface area contributed by atoms with Crippen LogP contribution in [0, 0.1) is 0 Å². The summed E-state index contributed by atoms with van der Waals surface area (Å²) in [7, 11) is 1.63. The Hall–Kier alpha value is -3.65. The van der Waals surface area contributed by atoms with Crippen LogP contribution in [0.5, 0.6) is 5.75 Å². The van der Waals surface area contributed by atoms with E-state index in [2.05, 4.69) is 26.2 Å². The topological polar surface area (TPSA) is 223 Å². The smallest absolute Gasteiger partial charge is 0.543 e. The molecule has 0 spiro atoms. The van der Waals surface area contributed by atoms with Crippen molar-refractivity contribution in [1.29, 1.82) is 0 Å². The van der Waals surface area contributed by atoms with E-state index in [4.69, 9.17) is 0 Å². The van der Waals surface area contributed by atoms with Gasteiger partial charge in [-0.05, 0) is 40.6 Å². The molecule has 0 bridgehead atoms. The first kappa shape index (κ1) is 34.2. The van der Waals surface area contributed by atoms with E-state index in [0.717, 1.165) is 4.90 Å². The second-order valence-corrected chi connectivity index (χ2v) is 11.9. The van der Waals surface area contributed by atoms with E-state index in [-0.39, 0.29) is 71.2 Å². The number of phenolic OH excluding ortho intramolecular Hbond substituents is 1. The van der Waals surface area contributed by atoms with Crippen molar-refractivity contribution in [2.24, 2.45) is 7.05 Å². The molecule has 0 aliphatic carbocycles. The quantitative estimate of drug-likeness (QED) is 0.0984. The van der Waals surface area contributed by atoms with E-state index < -0.39 is 53.1 Å². The average molecular weight is 668 g/mol. The van der Waals surface area contributed by atoms with E-state index in [1.165, 1.54) is 57.4 Å². The number of carbonyl (C=O) groups is 6. The van der Waals surface area contributed by atoms with Crippen molar-refractivity contribution < 1.29 is 68.5 Å². The van der Waals surface area contributed by atoms with Crippen molar-refractivity contribution in [2.45, 2.75) is 29.5 Å². The number of benzene rings is 1. The summed E-state index contributed by atoms with van der Waals surface area (Å²) in [5.74, 6) is -4.66. The molecule has 0 saturated carbocycles. The van der Waals surface area contributed by atoms with Crippen LogP contribution < -0.4 is 45.3 Å². The number of phenols is 1. The van der Waals surface area contributed by atoms with Crippen LogP contribution in [0.25, 0.3) is 0 Å². The van der Waals surface area contributed by atoms with Crippen LogP contribution in [0.2, 0.25) is 0 Å². The number of aliphatic carboxylic acids is 1. The molecule has 5 rings (SSSR count). The fourth-order valence-corrected chi connectivity index (χ4v) is 7.19. The zero-order valence-corrected chi connectivity index (χ0v) is 28.0. The first-order valence-electron chi connectivity index (χ1n) is 13.3. The van der Waals surface area contributed by atoms with E-state index in [1.807, 2.05) is 0 Å². The van der Waals surface area contributed by atoms with Crippen LogP contribution in [-0.2, 0) is 31.0 Å². The number of aromatic nitrogens is 4. The zero-order chi connectivity index (χ0) is 31.7. The SMILES string of the molecule is CCN1CCN(C(=O)NC(C(=O)NC2C(=O)N3C(C(=O)[O-])=C(CSc4nnnn4C)CSC23)c2ccc(O)cc2)C(=O)C1=O.[Na+]. The molecule has 0 radical (unpaired) electrons. The maximum atomic E-state index is 13.5. The van der Waals surface area contributed by atoms with Gasteiger partial charge in [-0.1, -0.05) is 23.9 Å². The Morgan fingerprint density at radius 1 is 1.16 bits per heavy atom. The summed E-state index contributed by atoms with van der Waals surface area (Å²) in [6.45, 7) is 2.02. The molecule has 1 aromatic heterocycles. The van der Waals surface area contributed by atoms with Gasteiger partial charge in [0.1, 0.15) is 23.2 Å². The van der Waals surface area contributed by atoms with Crippen molar-refractivity contribution >= 4 is 59.2 Å². The second kappa shape index (κ2) is 14.2. The number of aromatic hydroxyl groups is 1. The van der Waals surface area contributed by atoms with Gasteiger partial charge in [0, 0.05) is 38.2 Å². The molecule has 3 aliphatic rings. The Morgan fingerprint density at radius 2 is 1.87 bits per heavy atom. The van der Waals surface area contributed by atoms with Crippen LogP contribution in [-0.4, -0.2) is 118 Å². The summed E-state index contributed by atoms with van der Waals surface area (Å²) < 4.78 is 1.42. The van der Waals surface area contributed by atoms with Gasteiger partial charge in [0.05, 0.1) is 11.7 Å². The number of nitrogens with zero attached hydrogens (tertiary/aromatic N) is 7. The number of imide groups is 1. The number of hydrogen-bond acceptors (Lipinski definition) is 13. The summed E-state index contributed by atoms with van der Waals surface area (Å²) in [5, 5.41) is 37.7. The van der Waals surface area contributed by atoms with E-state index in [9.17, 15) is 39.0 Å². The van der Waals surface area contributed by atoms with Crippen LogP contribution in [0.15, 0.2) is 40.7 Å². The molecule has 3 unspecified atom stereocenters. The summed E-state index contributed by atoms with van der Waals surface area (Å²) in [6, 6.07) is 1.76. The monoisotopic (exact) mass is 667 g/mol. The molecule has 232 valence electrons. The molecule has 2 aromatic rings. The van der Waals surface area contributed by atoms with Gasteiger partial charge in [-0.15, -0.1) is 16.9 Å². The third kappa shape index (κ3) is 6.81. The number of tetrazole rings is 1. The van der Waals surface area contributed by atoms with Crippen molar-refractivity contribution in [3.63, 3.8) is 0 Å². The predicted molar refractivity (Wildman–Crippen MR) is 150 cm³/mol. The minimum absolute atomic E-state index is 0. The number of urea groups is 1. The fourth-order valence-electron chi connectivity index (χ4n) is 4.85. The number of amides is 6. The Balaban J connectivity index is 0.00000461. The first-order chi connectivity index (χ1) is 21.0. The van der Waals surface area contributed by atoms with Crippen molar-refractivity contribution in [1.82, 2.24) is 45.5 Å². The number of β-lactam (4-membered cyclic amide) rings is 1. The van der Waals surface area contributed by atoms with Crippen molar-refractivity contribution in [3.05, 3.63) is 41.1 Å². The molecule has 2 saturated heterocycles. The molecule has 6 amide bonds. The van der Waals surface area contributed by atoms with E-state index in [1.54, 1.807) is 14.0 Å². The molecular weight excluding hydrogens is 641 g/mol. The third-order valence-corrected chi connectivity index (χ3v) is 9.62. The van der Waals surface area contributed by atoms with Gasteiger partial charge in [0.25, 0.3) is 5.91 Å². The number of aryl methyl sites for hydroxylation is 1. The van der Waals surface area contributed by atoms with Gasteiger partial charge >= 0.3 is 47.4 Å². The van der Waals surface area contributed by atoms with Crippen LogP contribution in [0.3, 0.4) is 0 Å². The number of piperazine rings is 1. The van der Waals surface area contributed by atoms with Gasteiger partial charge in [0.15, 0.2) is 0 Å². The molecule has 4 heterocycles.